The van der Waals surface area contributed by atoms with Gasteiger partial charge in [-0.1, -0.05) is 5.21 Å². The van der Waals surface area contributed by atoms with Gasteiger partial charge in [0.15, 0.2) is 17.8 Å². The second-order valence-electron chi connectivity index (χ2n) is 7.03. The van der Waals surface area contributed by atoms with Crippen molar-refractivity contribution in [2.45, 2.75) is 20.0 Å². The van der Waals surface area contributed by atoms with E-state index >= 15 is 0 Å². The Morgan fingerprint density at radius 3 is 2.70 bits per heavy atom. The van der Waals surface area contributed by atoms with E-state index in [-0.39, 0.29) is 22.8 Å². The summed E-state index contributed by atoms with van der Waals surface area (Å²) < 4.78 is 45.4. The second-order valence-corrected chi connectivity index (χ2v) is 8.78. The van der Waals surface area contributed by atoms with Crippen molar-refractivity contribution in [1.82, 2.24) is 25.0 Å². The molecule has 0 bridgehead atoms. The van der Waals surface area contributed by atoms with E-state index in [9.17, 15) is 22.4 Å². The molecule has 0 fully saturated rings. The number of ether oxygens (including phenoxy) is 1. The number of carbonyl (C=O) groups is 2. The molecule has 3 aromatic rings. The molecule has 0 saturated heterocycles. The average molecular weight is 477 g/mol. The standard InChI is InChI=1S/C19H20FN7O5S/c1-10-14(25-33(4,30)31)5-6-15(22-10)17-18(27(3)26-24-17)23-19(29)32-11(2)13-7-12(20)8-21-16(13)9-28/h5-9,11,25H,1-4H3,(H,23,29)/t11-/m1/s1. The highest BCUT2D eigenvalue weighted by Crippen LogP contribution is 2.27. The van der Waals surface area contributed by atoms with Crippen molar-refractivity contribution in [2.75, 3.05) is 16.3 Å². The quantitative estimate of drug-likeness (QED) is 0.487. The minimum Gasteiger partial charge on any atom is -0.441 e. The van der Waals surface area contributed by atoms with Gasteiger partial charge in [-0.2, -0.15) is 0 Å². The lowest BCUT2D eigenvalue weighted by molar-refractivity contribution is 0.108. The van der Waals surface area contributed by atoms with E-state index < -0.39 is 28.0 Å². The lowest BCUT2D eigenvalue weighted by Crippen LogP contribution is -2.19. The third-order valence-corrected chi connectivity index (χ3v) is 5.01. The highest BCUT2D eigenvalue weighted by atomic mass is 32.2. The van der Waals surface area contributed by atoms with Crippen LogP contribution in [0.2, 0.25) is 0 Å². The van der Waals surface area contributed by atoms with Gasteiger partial charge in [0.2, 0.25) is 10.0 Å². The van der Waals surface area contributed by atoms with Crippen LogP contribution in [0.5, 0.6) is 0 Å². The fraction of sp³-hybridized carbons (Fsp3) is 0.263. The fourth-order valence-electron chi connectivity index (χ4n) is 2.91. The maximum atomic E-state index is 13.5. The molecule has 14 heteroatoms. The molecule has 0 saturated carbocycles. The molecule has 0 aliphatic heterocycles. The number of nitrogens with zero attached hydrogens (tertiary/aromatic N) is 5. The summed E-state index contributed by atoms with van der Waals surface area (Å²) in [5.74, 6) is -0.532. The third-order valence-electron chi connectivity index (χ3n) is 4.42. The summed E-state index contributed by atoms with van der Waals surface area (Å²) >= 11 is 0. The molecule has 174 valence electrons. The highest BCUT2D eigenvalue weighted by molar-refractivity contribution is 7.92. The van der Waals surface area contributed by atoms with E-state index in [0.717, 1.165) is 18.5 Å². The predicted octanol–water partition coefficient (Wildman–Crippen LogP) is 2.21. The number of aldehydes is 1. The number of pyridine rings is 2. The Labute approximate surface area is 188 Å². The molecule has 3 heterocycles. The Hall–Kier alpha value is -3.94. The van der Waals surface area contributed by atoms with Crippen LogP contribution >= 0.6 is 0 Å². The molecule has 0 aliphatic carbocycles. The van der Waals surface area contributed by atoms with E-state index in [1.165, 1.54) is 30.8 Å². The van der Waals surface area contributed by atoms with Crippen molar-refractivity contribution < 1.29 is 27.1 Å². The van der Waals surface area contributed by atoms with Crippen LogP contribution in [0.25, 0.3) is 11.4 Å². The number of aromatic nitrogens is 5. The van der Waals surface area contributed by atoms with Crippen molar-refractivity contribution in [3.05, 3.63) is 47.2 Å². The first kappa shape index (κ1) is 23.7. The van der Waals surface area contributed by atoms with Crippen LogP contribution in [0.4, 0.5) is 20.7 Å². The van der Waals surface area contributed by atoms with Gasteiger partial charge in [-0.3, -0.25) is 14.8 Å². The zero-order chi connectivity index (χ0) is 24.3. The predicted molar refractivity (Wildman–Crippen MR) is 116 cm³/mol. The molecule has 0 aliphatic rings. The minimum absolute atomic E-state index is 0.0537. The number of halogens is 1. The van der Waals surface area contributed by atoms with Crippen molar-refractivity contribution in [1.29, 1.82) is 0 Å². The normalized spacial score (nSPS) is 12.2. The summed E-state index contributed by atoms with van der Waals surface area (Å²) in [6.45, 7) is 3.07. The van der Waals surface area contributed by atoms with E-state index in [0.29, 0.717) is 23.4 Å². The van der Waals surface area contributed by atoms with Gasteiger partial charge in [0.05, 0.1) is 29.5 Å². The largest absolute Gasteiger partial charge is 0.441 e. The van der Waals surface area contributed by atoms with Crippen molar-refractivity contribution in [3.63, 3.8) is 0 Å². The molecule has 3 rings (SSSR count). The summed E-state index contributed by atoms with van der Waals surface area (Å²) in [6.07, 6.45) is 0.447. The zero-order valence-electron chi connectivity index (χ0n) is 18.0. The molecule has 0 aromatic carbocycles. The number of carbonyl (C=O) groups excluding carboxylic acids is 2. The molecule has 2 N–H and O–H groups in total. The van der Waals surface area contributed by atoms with Crippen LogP contribution in [-0.4, -0.2) is 52.0 Å². The number of hydrogen-bond donors (Lipinski definition) is 2. The lowest BCUT2D eigenvalue weighted by Gasteiger charge is -2.16. The highest BCUT2D eigenvalue weighted by Gasteiger charge is 2.21. The molecule has 1 amide bonds. The van der Waals surface area contributed by atoms with Crippen LogP contribution in [0.1, 0.15) is 34.8 Å². The summed E-state index contributed by atoms with van der Waals surface area (Å²) in [5.41, 5.74) is 1.25. The Morgan fingerprint density at radius 1 is 1.33 bits per heavy atom. The fourth-order valence-corrected chi connectivity index (χ4v) is 3.53. The topological polar surface area (TPSA) is 158 Å². The average Bonchev–Trinajstić information content (AvgIpc) is 3.08. The van der Waals surface area contributed by atoms with Gasteiger partial charge in [-0.25, -0.2) is 32.3 Å². The first-order valence-electron chi connectivity index (χ1n) is 9.42. The summed E-state index contributed by atoms with van der Waals surface area (Å²) in [7, 11) is -1.95. The van der Waals surface area contributed by atoms with Crippen LogP contribution in [-0.2, 0) is 21.8 Å². The minimum atomic E-state index is -3.48. The zero-order valence-corrected chi connectivity index (χ0v) is 18.8. The first-order valence-corrected chi connectivity index (χ1v) is 11.3. The Kier molecular flexibility index (Phi) is 6.67. The Balaban J connectivity index is 1.82. The van der Waals surface area contributed by atoms with Gasteiger partial charge in [0.25, 0.3) is 0 Å². The smallest absolute Gasteiger partial charge is 0.413 e. The van der Waals surface area contributed by atoms with Gasteiger partial charge in [0.1, 0.15) is 17.6 Å². The van der Waals surface area contributed by atoms with E-state index in [4.69, 9.17) is 4.74 Å². The Morgan fingerprint density at radius 2 is 2.06 bits per heavy atom. The maximum Gasteiger partial charge on any atom is 0.413 e. The Bertz CT molecular complexity index is 1330. The van der Waals surface area contributed by atoms with Crippen molar-refractivity contribution in [2.24, 2.45) is 7.05 Å². The molecule has 0 unspecified atom stereocenters. The summed E-state index contributed by atoms with van der Waals surface area (Å²) in [5, 5.41) is 10.4. The second kappa shape index (κ2) is 9.28. The van der Waals surface area contributed by atoms with Crippen molar-refractivity contribution >= 4 is 33.9 Å². The molecule has 0 radical (unpaired) electrons. The third kappa shape index (κ3) is 5.65. The van der Waals surface area contributed by atoms with Crippen LogP contribution in [0.15, 0.2) is 24.4 Å². The monoisotopic (exact) mass is 477 g/mol. The van der Waals surface area contributed by atoms with Gasteiger partial charge in [-0.05, 0) is 32.0 Å². The molecule has 12 nitrogen and oxygen atoms in total. The number of nitrogens with one attached hydrogen (secondary N) is 2. The van der Waals surface area contributed by atoms with Gasteiger partial charge in [-0.15, -0.1) is 5.10 Å². The number of amides is 1. The lowest BCUT2D eigenvalue weighted by atomic mass is 10.1. The number of hydrogen-bond acceptors (Lipinski definition) is 9. The number of sulfonamides is 1. The van der Waals surface area contributed by atoms with Crippen LogP contribution < -0.4 is 10.0 Å². The van der Waals surface area contributed by atoms with Gasteiger partial charge >= 0.3 is 6.09 Å². The van der Waals surface area contributed by atoms with E-state index in [1.54, 1.807) is 6.92 Å². The molecule has 33 heavy (non-hydrogen) atoms. The molecule has 0 spiro atoms. The summed E-state index contributed by atoms with van der Waals surface area (Å²) in [4.78, 5) is 31.6. The molecule has 3 aromatic heterocycles. The molecule has 1 atom stereocenters. The first-order chi connectivity index (χ1) is 15.5. The number of rotatable bonds is 7. The van der Waals surface area contributed by atoms with E-state index in [1.807, 2.05) is 0 Å². The number of anilines is 2. The molecular formula is C19H20FN7O5S. The van der Waals surface area contributed by atoms with Gasteiger partial charge < -0.3 is 4.74 Å². The maximum absolute atomic E-state index is 13.5. The van der Waals surface area contributed by atoms with Crippen molar-refractivity contribution in [3.8, 4) is 11.4 Å². The number of aryl methyl sites for hydroxylation is 2. The van der Waals surface area contributed by atoms with E-state index in [2.05, 4.69) is 30.3 Å². The van der Waals surface area contributed by atoms with Crippen LogP contribution in [0, 0.1) is 12.7 Å². The van der Waals surface area contributed by atoms with Gasteiger partial charge in [0, 0.05) is 12.6 Å². The summed E-state index contributed by atoms with van der Waals surface area (Å²) in [6, 6.07) is 4.08. The SMILES string of the molecule is Cc1nc(-c2nnn(C)c2NC(=O)O[C@H](C)c2cc(F)cnc2C=O)ccc1NS(C)(=O)=O. The van der Waals surface area contributed by atoms with Crippen LogP contribution in [0.3, 0.4) is 0 Å². The molecular weight excluding hydrogens is 457 g/mol.